The lowest BCUT2D eigenvalue weighted by atomic mass is 10.2. The van der Waals surface area contributed by atoms with Crippen molar-refractivity contribution in [1.82, 2.24) is 10.6 Å². The lowest BCUT2D eigenvalue weighted by Crippen LogP contribution is -2.35. The van der Waals surface area contributed by atoms with Crippen molar-refractivity contribution in [3.63, 3.8) is 0 Å². The topological polar surface area (TPSA) is 95.6 Å². The monoisotopic (exact) mass is 405 g/mol. The van der Waals surface area contributed by atoms with Crippen molar-refractivity contribution in [1.29, 1.82) is 0 Å². The Balaban J connectivity index is 1.54. The fourth-order valence-corrected chi connectivity index (χ4v) is 4.48. The van der Waals surface area contributed by atoms with Crippen LogP contribution in [0.3, 0.4) is 0 Å². The van der Waals surface area contributed by atoms with Gasteiger partial charge in [-0.1, -0.05) is 18.2 Å². The van der Waals surface area contributed by atoms with E-state index in [1.54, 1.807) is 24.3 Å². The van der Waals surface area contributed by atoms with Gasteiger partial charge in [0.15, 0.2) is 0 Å². The van der Waals surface area contributed by atoms with Crippen LogP contribution in [-0.4, -0.2) is 45.6 Å². The van der Waals surface area contributed by atoms with Crippen molar-refractivity contribution >= 4 is 27.5 Å². The van der Waals surface area contributed by atoms with Crippen LogP contribution in [0.5, 0.6) is 0 Å². The third-order valence-electron chi connectivity index (χ3n) is 4.31. The van der Waals surface area contributed by atoms with Gasteiger partial charge in [0.05, 0.1) is 17.0 Å². The van der Waals surface area contributed by atoms with Gasteiger partial charge in [-0.25, -0.2) is 12.8 Å². The molecule has 2 N–H and O–H groups in total. The summed E-state index contributed by atoms with van der Waals surface area (Å²) >= 11 is 0. The molecule has 7 nitrogen and oxygen atoms in total. The maximum Gasteiger partial charge on any atom is 0.254 e. The van der Waals surface area contributed by atoms with E-state index < -0.39 is 27.7 Å². The van der Waals surface area contributed by atoms with Crippen LogP contribution in [0.1, 0.15) is 27.1 Å². The molecule has 0 radical (unpaired) electrons. The molecule has 2 aromatic rings. The van der Waals surface area contributed by atoms with Crippen LogP contribution in [0.15, 0.2) is 48.5 Å². The first kappa shape index (κ1) is 19.8. The number of hydrogen-bond donors (Lipinski definition) is 2. The molecular formula is C19H20FN3O4S. The summed E-state index contributed by atoms with van der Waals surface area (Å²) in [6.45, 7) is 0.667. The van der Waals surface area contributed by atoms with Gasteiger partial charge >= 0.3 is 0 Å². The number of carbonyl (C=O) groups excluding carboxylic acids is 2. The van der Waals surface area contributed by atoms with E-state index in [2.05, 4.69) is 10.6 Å². The van der Waals surface area contributed by atoms with Gasteiger partial charge < -0.3 is 10.6 Å². The van der Waals surface area contributed by atoms with Gasteiger partial charge in [-0.3, -0.25) is 13.9 Å². The molecule has 1 fully saturated rings. The zero-order chi connectivity index (χ0) is 20.1. The number of nitrogens with zero attached hydrogens (tertiary/aromatic N) is 1. The summed E-state index contributed by atoms with van der Waals surface area (Å²) in [6.07, 6.45) is 0.556. The van der Waals surface area contributed by atoms with E-state index in [1.807, 2.05) is 0 Å². The molecule has 1 aliphatic rings. The second-order valence-electron chi connectivity index (χ2n) is 6.28. The Hall–Kier alpha value is -2.94. The molecule has 28 heavy (non-hydrogen) atoms. The van der Waals surface area contributed by atoms with Crippen molar-refractivity contribution in [2.45, 2.75) is 6.42 Å². The van der Waals surface area contributed by atoms with Gasteiger partial charge in [-0.05, 0) is 36.8 Å². The van der Waals surface area contributed by atoms with Gasteiger partial charge in [0, 0.05) is 25.2 Å². The highest BCUT2D eigenvalue weighted by molar-refractivity contribution is 7.93. The molecule has 0 unspecified atom stereocenters. The molecule has 2 aromatic carbocycles. The van der Waals surface area contributed by atoms with E-state index in [0.29, 0.717) is 24.2 Å². The van der Waals surface area contributed by atoms with E-state index in [0.717, 1.165) is 0 Å². The van der Waals surface area contributed by atoms with Crippen LogP contribution in [-0.2, 0) is 10.0 Å². The normalized spacial score (nSPS) is 15.2. The average Bonchev–Trinajstić information content (AvgIpc) is 3.04. The Morgan fingerprint density at radius 2 is 1.71 bits per heavy atom. The second kappa shape index (κ2) is 8.39. The zero-order valence-corrected chi connectivity index (χ0v) is 15.8. The summed E-state index contributed by atoms with van der Waals surface area (Å²) in [5, 5.41) is 5.18. The number of benzene rings is 2. The molecule has 2 amide bonds. The van der Waals surface area contributed by atoms with Crippen molar-refractivity contribution in [3.8, 4) is 0 Å². The summed E-state index contributed by atoms with van der Waals surface area (Å²) in [7, 11) is -3.32. The molecule has 3 rings (SSSR count). The molecule has 0 atom stereocenters. The van der Waals surface area contributed by atoms with Crippen LogP contribution in [0, 0.1) is 5.82 Å². The first-order valence-corrected chi connectivity index (χ1v) is 10.4. The van der Waals surface area contributed by atoms with Gasteiger partial charge in [0.2, 0.25) is 10.0 Å². The van der Waals surface area contributed by atoms with E-state index in [4.69, 9.17) is 0 Å². The fourth-order valence-electron chi connectivity index (χ4n) is 2.93. The Morgan fingerprint density at radius 1 is 1.00 bits per heavy atom. The summed E-state index contributed by atoms with van der Waals surface area (Å²) in [5.41, 5.74) is 0.714. The highest BCUT2D eigenvalue weighted by Crippen LogP contribution is 2.24. The quantitative estimate of drug-likeness (QED) is 0.713. The number of carbonyl (C=O) groups is 2. The predicted molar refractivity (Wildman–Crippen MR) is 103 cm³/mol. The highest BCUT2D eigenvalue weighted by atomic mass is 32.2. The van der Waals surface area contributed by atoms with Crippen molar-refractivity contribution in [3.05, 3.63) is 65.5 Å². The number of halogens is 1. The third-order valence-corrected chi connectivity index (χ3v) is 6.18. The lowest BCUT2D eigenvalue weighted by Gasteiger charge is -2.17. The molecule has 0 bridgehead atoms. The number of rotatable bonds is 6. The number of amides is 2. The summed E-state index contributed by atoms with van der Waals surface area (Å²) in [6, 6.07) is 12.0. The van der Waals surface area contributed by atoms with Crippen molar-refractivity contribution in [2.75, 3.05) is 29.7 Å². The summed E-state index contributed by atoms with van der Waals surface area (Å²) < 4.78 is 38.9. The van der Waals surface area contributed by atoms with E-state index in [-0.39, 0.29) is 24.4 Å². The number of hydrogen-bond acceptors (Lipinski definition) is 4. The largest absolute Gasteiger partial charge is 0.350 e. The third kappa shape index (κ3) is 4.48. The molecule has 1 saturated heterocycles. The molecule has 1 heterocycles. The van der Waals surface area contributed by atoms with Gasteiger partial charge in [-0.15, -0.1) is 0 Å². The zero-order valence-electron chi connectivity index (χ0n) is 15.0. The Labute approximate surface area is 162 Å². The maximum atomic E-state index is 13.5. The Kier molecular flexibility index (Phi) is 5.93. The molecule has 0 aromatic heterocycles. The van der Waals surface area contributed by atoms with Crippen LogP contribution in [0.2, 0.25) is 0 Å². The number of anilines is 1. The van der Waals surface area contributed by atoms with Crippen LogP contribution in [0.25, 0.3) is 0 Å². The summed E-state index contributed by atoms with van der Waals surface area (Å²) in [4.78, 5) is 24.2. The van der Waals surface area contributed by atoms with Gasteiger partial charge in [-0.2, -0.15) is 0 Å². The minimum absolute atomic E-state index is 0.0617. The molecule has 0 spiro atoms. The Morgan fingerprint density at radius 3 is 2.39 bits per heavy atom. The average molecular weight is 405 g/mol. The van der Waals surface area contributed by atoms with Gasteiger partial charge in [0.1, 0.15) is 5.82 Å². The highest BCUT2D eigenvalue weighted by Gasteiger charge is 2.28. The maximum absolute atomic E-state index is 13.5. The predicted octanol–water partition coefficient (Wildman–Crippen LogP) is 1.53. The smallest absolute Gasteiger partial charge is 0.254 e. The number of sulfonamides is 1. The Bertz CT molecular complexity index is 994. The molecule has 148 valence electrons. The molecule has 1 aliphatic heterocycles. The lowest BCUT2D eigenvalue weighted by molar-refractivity contribution is 0.0925. The minimum Gasteiger partial charge on any atom is -0.350 e. The number of nitrogens with one attached hydrogen (secondary N) is 2. The van der Waals surface area contributed by atoms with Crippen LogP contribution in [0.4, 0.5) is 10.1 Å². The standard InChI is InChI=1S/C19H20FN3O4S/c20-17-8-2-1-7-16(17)19(25)22-10-9-21-18(24)14-5-3-6-15(13-14)23-11-4-12-28(23,26)27/h1-3,5-8,13H,4,9-12H2,(H,21,24)(H,22,25). The fraction of sp³-hybridized carbons (Fsp3) is 0.263. The van der Waals surface area contributed by atoms with Crippen molar-refractivity contribution in [2.24, 2.45) is 0 Å². The van der Waals surface area contributed by atoms with E-state index >= 15 is 0 Å². The second-order valence-corrected chi connectivity index (χ2v) is 8.30. The van der Waals surface area contributed by atoms with Crippen LogP contribution < -0.4 is 14.9 Å². The molecule has 9 heteroatoms. The minimum atomic E-state index is -3.32. The molecule has 0 aliphatic carbocycles. The molecular weight excluding hydrogens is 385 g/mol. The summed E-state index contributed by atoms with van der Waals surface area (Å²) in [5.74, 6) is -1.46. The molecule has 0 saturated carbocycles. The first-order valence-electron chi connectivity index (χ1n) is 8.80. The first-order chi connectivity index (χ1) is 13.4. The van der Waals surface area contributed by atoms with Crippen molar-refractivity contribution < 1.29 is 22.4 Å². The SMILES string of the molecule is O=C(NCCNC(=O)c1ccccc1F)c1cccc(N2CCCS2(=O)=O)c1. The van der Waals surface area contributed by atoms with Gasteiger partial charge in [0.25, 0.3) is 11.8 Å². The van der Waals surface area contributed by atoms with Crippen LogP contribution >= 0.6 is 0 Å². The van der Waals surface area contributed by atoms with E-state index in [9.17, 15) is 22.4 Å². The van der Waals surface area contributed by atoms with E-state index in [1.165, 1.54) is 28.6 Å².